The Balaban J connectivity index is -0.000000405. The molecule has 0 heterocycles. The van der Waals surface area contributed by atoms with Gasteiger partial charge in [0.2, 0.25) is 0 Å². The van der Waals surface area contributed by atoms with Crippen molar-refractivity contribution in [1.29, 1.82) is 0 Å². The van der Waals surface area contributed by atoms with Gasteiger partial charge in [-0.25, -0.2) is 0 Å². The van der Waals surface area contributed by atoms with E-state index in [2.05, 4.69) is 8.67 Å². The van der Waals surface area contributed by atoms with Crippen LogP contribution < -0.4 is 0 Å². The maximum atomic E-state index is 9.51. The van der Waals surface area contributed by atoms with E-state index in [1.165, 1.54) is 0 Å². The van der Waals surface area contributed by atoms with Gasteiger partial charge in [-0.15, -0.1) is 0 Å². The Labute approximate surface area is 112 Å². The van der Waals surface area contributed by atoms with Gasteiger partial charge in [0.1, 0.15) is 0 Å². The maximum absolute atomic E-state index is 9.51. The van der Waals surface area contributed by atoms with Crippen molar-refractivity contribution in [3.63, 3.8) is 0 Å². The number of hydrogen-bond acceptors (Lipinski definition) is 6. The summed E-state index contributed by atoms with van der Waals surface area (Å²) < 4.78 is 58.9. The van der Waals surface area contributed by atoms with Gasteiger partial charge in [-0.3, -0.25) is 9.11 Å². The first-order valence-electron chi connectivity index (χ1n) is 1.53. The molecule has 0 saturated heterocycles. The Bertz CT molecular complexity index is 253. The fraction of sp³-hybridized carbons (Fsp3) is 1.00. The van der Waals surface area contributed by atoms with Crippen molar-refractivity contribution in [2.24, 2.45) is 0 Å². The van der Waals surface area contributed by atoms with E-state index in [0.717, 1.165) is 0 Å². The first-order valence-corrected chi connectivity index (χ1v) is 4.26. The third kappa shape index (κ3) is 17.5. The monoisotopic (exact) mass is 250 g/mol. The normalized spacial score (nSPS) is 11.2. The van der Waals surface area contributed by atoms with Gasteiger partial charge in [0.15, 0.2) is 0 Å². The van der Waals surface area contributed by atoms with E-state index >= 15 is 0 Å². The molecule has 8 nitrogen and oxygen atoms in total. The van der Waals surface area contributed by atoms with Crippen molar-refractivity contribution in [2.75, 3.05) is 0 Å². The van der Waals surface area contributed by atoms with Gasteiger partial charge in [0.25, 0.3) is 0 Å². The molecule has 0 unspecified atom stereocenters. The third-order valence-corrected chi connectivity index (χ3v) is 0.766. The van der Waals surface area contributed by atoms with E-state index in [1.807, 2.05) is 0 Å². The Morgan fingerprint density at radius 3 is 1.08 bits per heavy atom. The first kappa shape index (κ1) is 19.0. The van der Waals surface area contributed by atoms with E-state index in [9.17, 15) is 16.8 Å². The van der Waals surface area contributed by atoms with Crippen LogP contribution in [0.25, 0.3) is 0 Å². The van der Waals surface area contributed by atoms with Crippen LogP contribution in [-0.2, 0) is 29.5 Å². The molecule has 11 heteroatoms. The van der Waals surface area contributed by atoms with Crippen LogP contribution in [0.5, 0.6) is 0 Å². The predicted octanol–water partition coefficient (Wildman–Crippen LogP) is -1.47. The first-order chi connectivity index (χ1) is 4.21. The van der Waals surface area contributed by atoms with Crippen molar-refractivity contribution >= 4 is 72.2 Å². The Kier molecular flexibility index (Phi) is 10.7. The standard InChI is InChI=1S/CH4.K.H2O8S2.H/c;;1-9(2,3)7-8-10(4,5)6;/h1H4;;(H,1,2,3)(H,4,5,6);. The molecular formula is CH7KO8S2. The molecule has 12 heavy (non-hydrogen) atoms. The van der Waals surface area contributed by atoms with E-state index in [0.29, 0.717) is 0 Å². The number of rotatable bonds is 3. The molecule has 0 atom stereocenters. The molecule has 0 bridgehead atoms. The van der Waals surface area contributed by atoms with Crippen molar-refractivity contribution < 1.29 is 34.6 Å². The summed E-state index contributed by atoms with van der Waals surface area (Å²) in [6.07, 6.45) is 0. The quantitative estimate of drug-likeness (QED) is 0.269. The average Bonchev–Trinajstić information content (AvgIpc) is 1.57. The molecule has 0 fully saturated rings. The minimum absolute atomic E-state index is 0. The molecule has 0 aliphatic carbocycles. The van der Waals surface area contributed by atoms with Gasteiger partial charge in [-0.2, -0.15) is 16.8 Å². The van der Waals surface area contributed by atoms with Crippen LogP contribution in [0.1, 0.15) is 7.43 Å². The average molecular weight is 250 g/mol. The Morgan fingerprint density at radius 2 is 1.00 bits per heavy atom. The Hall–Kier alpha value is 1.38. The van der Waals surface area contributed by atoms with Crippen molar-refractivity contribution in [1.82, 2.24) is 0 Å². The van der Waals surface area contributed by atoms with Crippen LogP contribution in [0.15, 0.2) is 0 Å². The second-order valence-electron chi connectivity index (χ2n) is 0.992. The molecule has 0 rings (SSSR count). The summed E-state index contributed by atoms with van der Waals surface area (Å²) >= 11 is 0. The molecule has 0 aromatic carbocycles. The van der Waals surface area contributed by atoms with Crippen LogP contribution in [0, 0.1) is 0 Å². The van der Waals surface area contributed by atoms with Crippen molar-refractivity contribution in [2.45, 2.75) is 7.43 Å². The van der Waals surface area contributed by atoms with Crippen LogP contribution in [0.3, 0.4) is 0 Å². The summed E-state index contributed by atoms with van der Waals surface area (Å²) in [6, 6.07) is 0. The summed E-state index contributed by atoms with van der Waals surface area (Å²) in [7, 11) is -10.0. The zero-order valence-electron chi connectivity index (χ0n) is 4.16. The fourth-order valence-electron chi connectivity index (χ4n) is 0.0702. The molecule has 0 spiro atoms. The molecule has 0 aromatic heterocycles. The van der Waals surface area contributed by atoms with Crippen molar-refractivity contribution in [3.8, 4) is 0 Å². The second kappa shape index (κ2) is 6.77. The molecular weight excluding hydrogens is 243 g/mol. The van der Waals surface area contributed by atoms with E-state index in [1.54, 1.807) is 0 Å². The summed E-state index contributed by atoms with van der Waals surface area (Å²) in [4.78, 5) is 0. The van der Waals surface area contributed by atoms with Gasteiger partial charge in [0.05, 0.1) is 0 Å². The minimum atomic E-state index is -5.02. The van der Waals surface area contributed by atoms with Crippen LogP contribution >= 0.6 is 0 Å². The third-order valence-electron chi connectivity index (χ3n) is 0.200. The van der Waals surface area contributed by atoms with Gasteiger partial charge >= 0.3 is 72.2 Å². The van der Waals surface area contributed by atoms with Crippen LogP contribution in [0.4, 0.5) is 0 Å². The topological polar surface area (TPSA) is 127 Å². The van der Waals surface area contributed by atoms with Gasteiger partial charge < -0.3 is 0 Å². The Morgan fingerprint density at radius 1 is 0.833 bits per heavy atom. The molecule has 0 saturated carbocycles. The van der Waals surface area contributed by atoms with E-state index < -0.39 is 20.8 Å². The van der Waals surface area contributed by atoms with Gasteiger partial charge in [0, 0.05) is 0 Å². The molecule has 0 radical (unpaired) electrons. The molecule has 0 aliphatic heterocycles. The predicted molar refractivity (Wildman–Crippen MR) is 39.1 cm³/mol. The molecule has 72 valence electrons. The molecule has 2 N–H and O–H groups in total. The van der Waals surface area contributed by atoms with E-state index in [-0.39, 0.29) is 58.8 Å². The van der Waals surface area contributed by atoms with Crippen LogP contribution in [0.2, 0.25) is 0 Å². The SMILES string of the molecule is C.O=S(=O)(O)OOS(=O)(=O)O.[KH]. The molecule has 0 aliphatic rings. The van der Waals surface area contributed by atoms with Gasteiger partial charge in [-0.1, -0.05) is 16.1 Å². The summed E-state index contributed by atoms with van der Waals surface area (Å²) in [6.45, 7) is 0. The number of hydrogen-bond donors (Lipinski definition) is 2. The zero-order valence-corrected chi connectivity index (χ0v) is 5.79. The van der Waals surface area contributed by atoms with Crippen molar-refractivity contribution in [3.05, 3.63) is 0 Å². The fourth-order valence-corrected chi connectivity index (χ4v) is 0.632. The van der Waals surface area contributed by atoms with E-state index in [4.69, 9.17) is 9.11 Å². The molecule has 0 amide bonds. The summed E-state index contributed by atoms with van der Waals surface area (Å²) in [5, 5.41) is 0. The molecule has 0 aromatic rings. The van der Waals surface area contributed by atoms with Crippen LogP contribution in [-0.4, -0.2) is 77.3 Å². The zero-order chi connectivity index (χ0) is 8.41. The second-order valence-corrected chi connectivity index (χ2v) is 2.97. The summed E-state index contributed by atoms with van der Waals surface area (Å²) in [5.41, 5.74) is 0. The van der Waals surface area contributed by atoms with Gasteiger partial charge in [-0.05, 0) is 0 Å². The summed E-state index contributed by atoms with van der Waals surface area (Å²) in [5.74, 6) is 0.